The van der Waals surface area contributed by atoms with E-state index in [1.54, 1.807) is 30.3 Å². The topological polar surface area (TPSA) is 54.0 Å². The zero-order valence-corrected chi connectivity index (χ0v) is 26.4. The highest BCUT2D eigenvalue weighted by atomic mass is 32.2. The van der Waals surface area contributed by atoms with Gasteiger partial charge in [0, 0.05) is 14.7 Å². The van der Waals surface area contributed by atoms with Crippen LogP contribution in [0.2, 0.25) is 0 Å². The van der Waals surface area contributed by atoms with Crippen molar-refractivity contribution in [3.05, 3.63) is 90.7 Å². The Balaban J connectivity index is 0.970. The molecule has 0 spiro atoms. The molecule has 5 nitrogen and oxygen atoms in total. The molecule has 0 atom stereocenters. The standard InChI is InChI=1S/C38H37FO5S/c1-38(25-16-23-15-24(18-25)19-26(38)17-23)44-36(40)22-42-27-11-13-28(14-12-27)43-33-21-29(20-32(39)37(33)41-2)45-34-9-5-3-7-30(34)31-8-4-6-10-35(31)45/h3-14,20-21,23-26,45H,15-19,22H2,1-2H3. The third-order valence-electron chi connectivity index (χ3n) is 10.5. The lowest BCUT2D eigenvalue weighted by atomic mass is 9.50. The van der Waals surface area contributed by atoms with Crippen molar-refractivity contribution >= 4 is 16.9 Å². The van der Waals surface area contributed by atoms with Crippen LogP contribution in [0.3, 0.4) is 0 Å². The number of carbonyl (C=O) groups is 1. The smallest absolute Gasteiger partial charge is 0.344 e. The third kappa shape index (κ3) is 4.96. The van der Waals surface area contributed by atoms with Crippen LogP contribution in [-0.2, 0) is 9.53 Å². The summed E-state index contributed by atoms with van der Waals surface area (Å²) in [5.74, 6) is 3.15. The Morgan fingerprint density at radius 3 is 2.00 bits per heavy atom. The van der Waals surface area contributed by atoms with Crippen LogP contribution in [0.5, 0.6) is 23.0 Å². The second-order valence-electron chi connectivity index (χ2n) is 13.2. The van der Waals surface area contributed by atoms with E-state index in [4.69, 9.17) is 18.9 Å². The van der Waals surface area contributed by atoms with Crippen LogP contribution in [0.4, 0.5) is 4.39 Å². The predicted molar refractivity (Wildman–Crippen MR) is 172 cm³/mol. The van der Waals surface area contributed by atoms with E-state index < -0.39 is 16.7 Å². The highest BCUT2D eigenvalue weighted by molar-refractivity contribution is 8.17. The van der Waals surface area contributed by atoms with Crippen molar-refractivity contribution in [3.8, 4) is 34.1 Å². The molecule has 5 aliphatic rings. The van der Waals surface area contributed by atoms with E-state index in [0.717, 1.165) is 16.7 Å². The lowest BCUT2D eigenvalue weighted by Gasteiger charge is -2.59. The molecule has 1 aliphatic heterocycles. The van der Waals surface area contributed by atoms with Crippen LogP contribution in [0, 0.1) is 29.5 Å². The first-order valence-electron chi connectivity index (χ1n) is 15.9. The minimum atomic E-state index is -0.966. The van der Waals surface area contributed by atoms with Crippen molar-refractivity contribution in [2.24, 2.45) is 23.7 Å². The minimum Gasteiger partial charge on any atom is -0.490 e. The lowest BCUT2D eigenvalue weighted by Crippen LogP contribution is -2.58. The maximum atomic E-state index is 15.5. The van der Waals surface area contributed by atoms with Gasteiger partial charge in [-0.1, -0.05) is 36.4 Å². The van der Waals surface area contributed by atoms with Gasteiger partial charge in [-0.2, -0.15) is 10.9 Å². The van der Waals surface area contributed by atoms with E-state index in [1.165, 1.54) is 60.1 Å². The van der Waals surface area contributed by atoms with Gasteiger partial charge in [-0.15, -0.1) is 0 Å². The summed E-state index contributed by atoms with van der Waals surface area (Å²) in [7, 11) is 0.474. The number of hydrogen-bond acceptors (Lipinski definition) is 5. The van der Waals surface area contributed by atoms with Crippen molar-refractivity contribution in [2.75, 3.05) is 13.7 Å². The van der Waals surface area contributed by atoms with Gasteiger partial charge in [0.15, 0.2) is 23.9 Å². The number of esters is 1. The van der Waals surface area contributed by atoms with Gasteiger partial charge in [-0.25, -0.2) is 9.18 Å². The summed E-state index contributed by atoms with van der Waals surface area (Å²) < 4.78 is 39.1. The molecule has 4 bridgehead atoms. The number of ether oxygens (including phenoxy) is 4. The van der Waals surface area contributed by atoms with Crippen molar-refractivity contribution in [3.63, 3.8) is 0 Å². The Labute approximate surface area is 266 Å². The molecule has 0 radical (unpaired) electrons. The SMILES string of the molecule is COc1c(F)cc([SH]2c3ccccc3-c3ccccc32)cc1Oc1ccc(OCC(=O)OC2(C)C3CC4CC(C3)CC2C4)cc1. The summed E-state index contributed by atoms with van der Waals surface area (Å²) in [5, 5.41) is 0. The molecule has 232 valence electrons. The number of thiol groups is 1. The Morgan fingerprint density at radius 2 is 1.40 bits per heavy atom. The number of methoxy groups -OCH3 is 1. The molecule has 0 saturated heterocycles. The molecule has 7 heteroatoms. The Bertz CT molecular complexity index is 1700. The molecule has 0 unspecified atom stereocenters. The monoisotopic (exact) mass is 624 g/mol. The van der Waals surface area contributed by atoms with Gasteiger partial charge in [-0.05, 0) is 122 Å². The summed E-state index contributed by atoms with van der Waals surface area (Å²) >= 11 is 0. The fourth-order valence-electron chi connectivity index (χ4n) is 8.59. The molecule has 45 heavy (non-hydrogen) atoms. The Kier molecular flexibility index (Phi) is 7.05. The van der Waals surface area contributed by atoms with Gasteiger partial charge in [0.05, 0.1) is 7.11 Å². The minimum absolute atomic E-state index is 0.0517. The van der Waals surface area contributed by atoms with E-state index in [1.807, 2.05) is 30.3 Å². The second kappa shape index (κ2) is 11.1. The van der Waals surface area contributed by atoms with Crippen LogP contribution < -0.4 is 14.2 Å². The summed E-state index contributed by atoms with van der Waals surface area (Å²) in [5.41, 5.74) is 1.99. The number of benzene rings is 4. The van der Waals surface area contributed by atoms with Gasteiger partial charge in [0.2, 0.25) is 0 Å². The first kappa shape index (κ1) is 28.5. The Morgan fingerprint density at radius 1 is 0.822 bits per heavy atom. The zero-order valence-electron chi connectivity index (χ0n) is 25.5. The maximum Gasteiger partial charge on any atom is 0.344 e. The molecule has 0 aromatic heterocycles. The second-order valence-corrected chi connectivity index (χ2v) is 15.3. The quantitative estimate of drug-likeness (QED) is 0.138. The third-order valence-corrected chi connectivity index (χ3v) is 13.1. The fourth-order valence-corrected chi connectivity index (χ4v) is 11.2. The van der Waals surface area contributed by atoms with E-state index in [-0.39, 0.29) is 23.9 Å². The Hall–Kier alpha value is -3.97. The largest absolute Gasteiger partial charge is 0.490 e. The highest BCUT2D eigenvalue weighted by Gasteiger charge is 2.57. The van der Waals surface area contributed by atoms with E-state index in [0.29, 0.717) is 29.1 Å². The average molecular weight is 625 g/mol. The van der Waals surface area contributed by atoms with Crippen molar-refractivity contribution in [1.82, 2.24) is 0 Å². The van der Waals surface area contributed by atoms with Gasteiger partial charge < -0.3 is 18.9 Å². The number of rotatable bonds is 8. The molecule has 0 amide bonds. The van der Waals surface area contributed by atoms with Gasteiger partial charge in [0.1, 0.15) is 17.1 Å². The van der Waals surface area contributed by atoms with E-state index in [9.17, 15) is 4.79 Å². The van der Waals surface area contributed by atoms with E-state index >= 15 is 4.39 Å². The molecule has 1 heterocycles. The van der Waals surface area contributed by atoms with Crippen LogP contribution in [-0.4, -0.2) is 25.3 Å². The fraction of sp³-hybridized carbons (Fsp3) is 0.342. The van der Waals surface area contributed by atoms with Gasteiger partial charge >= 0.3 is 5.97 Å². The summed E-state index contributed by atoms with van der Waals surface area (Å²) in [4.78, 5) is 16.1. The van der Waals surface area contributed by atoms with Crippen molar-refractivity contribution in [2.45, 2.75) is 59.3 Å². The van der Waals surface area contributed by atoms with E-state index in [2.05, 4.69) is 31.2 Å². The highest BCUT2D eigenvalue weighted by Crippen LogP contribution is 2.63. The predicted octanol–water partition coefficient (Wildman–Crippen LogP) is 9.22. The number of hydrogen-bond donors (Lipinski definition) is 1. The summed E-state index contributed by atoms with van der Waals surface area (Å²) in [6.45, 7) is 2.00. The summed E-state index contributed by atoms with van der Waals surface area (Å²) in [6, 6.07) is 27.1. The molecule has 4 aromatic rings. The molecule has 4 aliphatic carbocycles. The molecule has 4 fully saturated rings. The van der Waals surface area contributed by atoms with Crippen LogP contribution in [0.25, 0.3) is 11.1 Å². The summed E-state index contributed by atoms with van der Waals surface area (Å²) in [6.07, 6.45) is 6.08. The zero-order chi connectivity index (χ0) is 30.7. The van der Waals surface area contributed by atoms with Crippen molar-refractivity contribution in [1.29, 1.82) is 0 Å². The normalized spacial score (nSPS) is 26.2. The number of carbonyl (C=O) groups excluding carboxylic acids is 1. The van der Waals surface area contributed by atoms with Gasteiger partial charge in [-0.3, -0.25) is 0 Å². The molecule has 9 rings (SSSR count). The van der Waals surface area contributed by atoms with Crippen molar-refractivity contribution < 1.29 is 28.1 Å². The van der Waals surface area contributed by atoms with Crippen LogP contribution in [0.15, 0.2) is 99.6 Å². The number of halogens is 1. The average Bonchev–Trinajstić information content (AvgIpc) is 3.37. The molecule has 4 aromatic carbocycles. The van der Waals surface area contributed by atoms with Crippen LogP contribution in [0.1, 0.15) is 39.0 Å². The van der Waals surface area contributed by atoms with Crippen LogP contribution >= 0.6 is 10.9 Å². The maximum absolute atomic E-state index is 15.5. The first-order valence-corrected chi connectivity index (χ1v) is 17.2. The van der Waals surface area contributed by atoms with Gasteiger partial charge in [0.25, 0.3) is 0 Å². The molecular weight excluding hydrogens is 587 g/mol. The molecule has 4 saturated carbocycles. The lowest BCUT2D eigenvalue weighted by molar-refractivity contribution is -0.204. The molecule has 0 N–H and O–H groups in total. The molecular formula is C38H37FO5S. The first-order chi connectivity index (χ1) is 21.9. The number of fused-ring (bicyclic) bond motifs is 3.